The van der Waals surface area contributed by atoms with E-state index in [0.29, 0.717) is 6.04 Å². The molecule has 0 aromatic heterocycles. The van der Waals surface area contributed by atoms with Gasteiger partial charge in [-0.2, -0.15) is 0 Å². The molecule has 1 fully saturated rings. The number of rotatable bonds is 2. The molecule has 2 N–H and O–H groups in total. The highest BCUT2D eigenvalue weighted by atomic mass is 15.3. The summed E-state index contributed by atoms with van der Waals surface area (Å²) in [4.78, 5) is 5.04. The molecule has 1 aromatic rings. The van der Waals surface area contributed by atoms with Gasteiger partial charge >= 0.3 is 0 Å². The Labute approximate surface area is 110 Å². The fourth-order valence-electron chi connectivity index (χ4n) is 3.56. The van der Waals surface area contributed by atoms with Crippen LogP contribution in [0.25, 0.3) is 0 Å². The second kappa shape index (κ2) is 4.34. The quantitative estimate of drug-likeness (QED) is 0.855. The first kappa shape index (κ1) is 12.2. The lowest BCUT2D eigenvalue weighted by atomic mass is 9.94. The van der Waals surface area contributed by atoms with Crippen LogP contribution in [0.1, 0.15) is 24.5 Å². The summed E-state index contributed by atoms with van der Waals surface area (Å²) >= 11 is 0. The van der Waals surface area contributed by atoms with E-state index >= 15 is 0 Å². The number of fused-ring (bicyclic) bond motifs is 1. The number of hydrogen-bond acceptors (Lipinski definition) is 3. The van der Waals surface area contributed by atoms with Gasteiger partial charge in [0.05, 0.1) is 0 Å². The average Bonchev–Trinajstić information content (AvgIpc) is 2.92. The van der Waals surface area contributed by atoms with Gasteiger partial charge in [-0.1, -0.05) is 24.3 Å². The summed E-state index contributed by atoms with van der Waals surface area (Å²) in [6.07, 6.45) is 1.19. The largest absolute Gasteiger partial charge is 0.329 e. The fourth-order valence-corrected chi connectivity index (χ4v) is 3.56. The lowest BCUT2D eigenvalue weighted by Crippen LogP contribution is -2.53. The summed E-state index contributed by atoms with van der Waals surface area (Å²) in [6.45, 7) is 6.29. The van der Waals surface area contributed by atoms with Gasteiger partial charge in [-0.05, 0) is 31.5 Å². The lowest BCUT2D eigenvalue weighted by Gasteiger charge is -2.37. The van der Waals surface area contributed by atoms with E-state index in [1.54, 1.807) is 0 Å². The minimum Gasteiger partial charge on any atom is -0.329 e. The van der Waals surface area contributed by atoms with Gasteiger partial charge in [0.25, 0.3) is 0 Å². The van der Waals surface area contributed by atoms with Crippen molar-refractivity contribution in [2.24, 2.45) is 5.73 Å². The molecule has 0 radical (unpaired) electrons. The van der Waals surface area contributed by atoms with E-state index in [-0.39, 0.29) is 5.54 Å². The van der Waals surface area contributed by atoms with Crippen LogP contribution in [-0.4, -0.2) is 41.5 Å². The zero-order chi connectivity index (χ0) is 12.8. The molecule has 0 amide bonds. The van der Waals surface area contributed by atoms with Crippen molar-refractivity contribution >= 4 is 0 Å². The molecule has 0 aliphatic carbocycles. The maximum atomic E-state index is 6.14. The number of hydrogen-bond donors (Lipinski definition) is 1. The Hall–Kier alpha value is -0.900. The highest BCUT2D eigenvalue weighted by Gasteiger charge is 2.45. The van der Waals surface area contributed by atoms with Gasteiger partial charge in [0, 0.05) is 37.8 Å². The van der Waals surface area contributed by atoms with Gasteiger partial charge in [-0.3, -0.25) is 4.90 Å². The molecule has 3 heteroatoms. The average molecular weight is 245 g/mol. The van der Waals surface area contributed by atoms with E-state index in [1.165, 1.54) is 17.5 Å². The van der Waals surface area contributed by atoms with Crippen molar-refractivity contribution in [1.82, 2.24) is 9.80 Å². The second-order valence-electron chi connectivity index (χ2n) is 6.02. The predicted octanol–water partition coefficient (Wildman–Crippen LogP) is 1.42. The molecular weight excluding hydrogens is 222 g/mol. The van der Waals surface area contributed by atoms with Gasteiger partial charge in [0.15, 0.2) is 0 Å². The molecular formula is C15H23N3. The maximum Gasteiger partial charge on any atom is 0.0480 e. The fraction of sp³-hybridized carbons (Fsp3) is 0.600. The Morgan fingerprint density at radius 3 is 2.33 bits per heavy atom. The molecule has 0 spiro atoms. The molecule has 3 rings (SSSR count). The molecule has 98 valence electrons. The van der Waals surface area contributed by atoms with Gasteiger partial charge in [-0.15, -0.1) is 0 Å². The van der Waals surface area contributed by atoms with Gasteiger partial charge < -0.3 is 10.6 Å². The summed E-state index contributed by atoms with van der Waals surface area (Å²) in [5.41, 5.74) is 9.27. The molecule has 1 aromatic carbocycles. The Morgan fingerprint density at radius 1 is 1.28 bits per heavy atom. The van der Waals surface area contributed by atoms with Crippen LogP contribution in [0.5, 0.6) is 0 Å². The van der Waals surface area contributed by atoms with Gasteiger partial charge in [0.1, 0.15) is 0 Å². The number of benzene rings is 1. The Morgan fingerprint density at radius 2 is 1.89 bits per heavy atom. The summed E-state index contributed by atoms with van der Waals surface area (Å²) in [5.74, 6) is 0. The van der Waals surface area contributed by atoms with Crippen molar-refractivity contribution in [3.8, 4) is 0 Å². The van der Waals surface area contributed by atoms with E-state index < -0.39 is 0 Å². The van der Waals surface area contributed by atoms with E-state index in [1.807, 2.05) is 0 Å². The van der Waals surface area contributed by atoms with Crippen molar-refractivity contribution in [3.63, 3.8) is 0 Å². The van der Waals surface area contributed by atoms with Crippen LogP contribution in [-0.2, 0) is 13.1 Å². The Balaban J connectivity index is 1.84. The first-order valence-electron chi connectivity index (χ1n) is 6.87. The minimum absolute atomic E-state index is 0.174. The number of nitrogens with zero attached hydrogens (tertiary/aromatic N) is 2. The molecule has 2 unspecified atom stereocenters. The smallest absolute Gasteiger partial charge is 0.0480 e. The third-order valence-corrected chi connectivity index (χ3v) is 4.86. The highest BCUT2D eigenvalue weighted by molar-refractivity contribution is 5.31. The Kier molecular flexibility index (Phi) is 2.93. The van der Waals surface area contributed by atoms with Crippen LogP contribution >= 0.6 is 0 Å². The van der Waals surface area contributed by atoms with Crippen LogP contribution in [0.15, 0.2) is 24.3 Å². The monoisotopic (exact) mass is 245 g/mol. The van der Waals surface area contributed by atoms with Crippen LogP contribution < -0.4 is 5.73 Å². The Bertz CT molecular complexity index is 408. The van der Waals surface area contributed by atoms with E-state index in [2.05, 4.69) is 48.0 Å². The van der Waals surface area contributed by atoms with Crippen LogP contribution in [0.4, 0.5) is 0 Å². The minimum atomic E-state index is 0.174. The standard InChI is InChI=1S/C15H23N3/c1-12-7-15(10-16,11-17(12)2)18-8-13-5-3-4-6-14(13)9-18/h3-6,12H,7-11,16H2,1-2H3. The summed E-state index contributed by atoms with van der Waals surface area (Å²) in [5, 5.41) is 0. The molecule has 2 aliphatic rings. The number of nitrogens with two attached hydrogens (primary N) is 1. The lowest BCUT2D eigenvalue weighted by molar-refractivity contribution is 0.0992. The van der Waals surface area contributed by atoms with Crippen molar-refractivity contribution in [3.05, 3.63) is 35.4 Å². The molecule has 0 bridgehead atoms. The van der Waals surface area contributed by atoms with E-state index in [4.69, 9.17) is 5.73 Å². The molecule has 18 heavy (non-hydrogen) atoms. The zero-order valence-corrected chi connectivity index (χ0v) is 11.4. The first-order valence-corrected chi connectivity index (χ1v) is 6.87. The van der Waals surface area contributed by atoms with Crippen molar-refractivity contribution in [1.29, 1.82) is 0 Å². The van der Waals surface area contributed by atoms with Crippen molar-refractivity contribution < 1.29 is 0 Å². The van der Waals surface area contributed by atoms with Crippen LogP contribution in [0.3, 0.4) is 0 Å². The van der Waals surface area contributed by atoms with E-state index in [9.17, 15) is 0 Å². The molecule has 3 nitrogen and oxygen atoms in total. The molecule has 1 saturated heterocycles. The van der Waals surface area contributed by atoms with Gasteiger partial charge in [-0.25, -0.2) is 0 Å². The normalized spacial score (nSPS) is 32.9. The summed E-state index contributed by atoms with van der Waals surface area (Å²) < 4.78 is 0. The van der Waals surface area contributed by atoms with Crippen LogP contribution in [0, 0.1) is 0 Å². The molecule has 0 saturated carbocycles. The zero-order valence-electron chi connectivity index (χ0n) is 11.4. The van der Waals surface area contributed by atoms with Crippen molar-refractivity contribution in [2.45, 2.75) is 38.0 Å². The summed E-state index contributed by atoms with van der Waals surface area (Å²) in [7, 11) is 2.21. The van der Waals surface area contributed by atoms with Gasteiger partial charge in [0.2, 0.25) is 0 Å². The number of likely N-dealkylation sites (tertiary alicyclic amines) is 1. The molecule has 2 aliphatic heterocycles. The summed E-state index contributed by atoms with van der Waals surface area (Å²) in [6, 6.07) is 9.42. The van der Waals surface area contributed by atoms with Crippen molar-refractivity contribution in [2.75, 3.05) is 20.1 Å². The van der Waals surface area contributed by atoms with E-state index in [0.717, 1.165) is 26.2 Å². The third kappa shape index (κ3) is 1.78. The number of likely N-dealkylation sites (N-methyl/N-ethyl adjacent to an activating group) is 1. The SMILES string of the molecule is CC1CC(CN)(N2Cc3ccccc3C2)CN1C. The predicted molar refractivity (Wildman–Crippen MR) is 74.2 cm³/mol. The molecule has 2 heterocycles. The van der Waals surface area contributed by atoms with Crippen LogP contribution in [0.2, 0.25) is 0 Å². The second-order valence-corrected chi connectivity index (χ2v) is 6.02. The first-order chi connectivity index (χ1) is 8.64. The highest BCUT2D eigenvalue weighted by Crippen LogP contribution is 2.36. The topological polar surface area (TPSA) is 32.5 Å². The maximum absolute atomic E-state index is 6.14. The molecule has 2 atom stereocenters. The third-order valence-electron chi connectivity index (χ3n) is 4.86.